The zero-order valence-corrected chi connectivity index (χ0v) is 5.79. The van der Waals surface area contributed by atoms with E-state index in [-0.39, 0.29) is 5.92 Å². The van der Waals surface area contributed by atoms with Gasteiger partial charge in [0.25, 0.3) is 0 Å². The molecule has 1 N–H and O–H groups in total. The van der Waals surface area contributed by atoms with Crippen LogP contribution >= 0.6 is 0 Å². The lowest BCUT2D eigenvalue weighted by Crippen LogP contribution is -2.37. The number of carboxylic acid groups (broad SMARTS) is 1. The van der Waals surface area contributed by atoms with Crippen LogP contribution in [0, 0.1) is 17.8 Å². The van der Waals surface area contributed by atoms with Gasteiger partial charge in [0.1, 0.15) is 0 Å². The van der Waals surface area contributed by atoms with Gasteiger partial charge < -0.3 is 5.11 Å². The number of carbonyl (C=O) groups is 1. The molecule has 1 fully saturated rings. The summed E-state index contributed by atoms with van der Waals surface area (Å²) >= 11 is 0. The molecule has 9 heavy (non-hydrogen) atoms. The molecular formula is C7H12O2. The zero-order chi connectivity index (χ0) is 7.02. The summed E-state index contributed by atoms with van der Waals surface area (Å²) < 4.78 is 0. The van der Waals surface area contributed by atoms with Gasteiger partial charge in [0.15, 0.2) is 0 Å². The number of hydrogen-bond acceptors (Lipinski definition) is 1. The van der Waals surface area contributed by atoms with Crippen LogP contribution in [0.3, 0.4) is 0 Å². The normalized spacial score (nSPS) is 41.8. The molecule has 2 nitrogen and oxygen atoms in total. The highest BCUT2D eigenvalue weighted by molar-refractivity contribution is 5.71. The summed E-state index contributed by atoms with van der Waals surface area (Å²) in [7, 11) is 0. The Hall–Kier alpha value is -0.530. The van der Waals surface area contributed by atoms with Gasteiger partial charge in [-0.3, -0.25) is 4.79 Å². The van der Waals surface area contributed by atoms with Crippen LogP contribution in [0.4, 0.5) is 0 Å². The van der Waals surface area contributed by atoms with Crippen LogP contribution < -0.4 is 0 Å². The molecular weight excluding hydrogens is 116 g/mol. The van der Waals surface area contributed by atoms with Crippen LogP contribution in [0.1, 0.15) is 20.3 Å². The maximum Gasteiger partial charge on any atom is 0.306 e. The topological polar surface area (TPSA) is 37.3 Å². The quantitative estimate of drug-likeness (QED) is 0.579. The first-order valence-electron chi connectivity index (χ1n) is 3.35. The number of carboxylic acids is 1. The second-order valence-corrected chi connectivity index (χ2v) is 3.02. The monoisotopic (exact) mass is 128 g/mol. The van der Waals surface area contributed by atoms with Gasteiger partial charge in [-0.2, -0.15) is 0 Å². The SMILES string of the molecule is C[C@H]1[C@H](C)C[C@H]1C(=O)O. The van der Waals surface area contributed by atoms with Gasteiger partial charge in [-0.15, -0.1) is 0 Å². The fourth-order valence-corrected chi connectivity index (χ4v) is 1.36. The molecule has 3 atom stereocenters. The molecule has 0 saturated heterocycles. The van der Waals surface area contributed by atoms with Gasteiger partial charge in [0, 0.05) is 0 Å². The summed E-state index contributed by atoms with van der Waals surface area (Å²) in [5.74, 6) is 0.328. The zero-order valence-electron chi connectivity index (χ0n) is 5.79. The minimum absolute atomic E-state index is 0.0556. The van der Waals surface area contributed by atoms with Crippen molar-refractivity contribution in [3.05, 3.63) is 0 Å². The Labute approximate surface area is 54.9 Å². The molecule has 1 rings (SSSR count). The number of aliphatic carboxylic acids is 1. The van der Waals surface area contributed by atoms with Crippen molar-refractivity contribution in [1.29, 1.82) is 0 Å². The maximum absolute atomic E-state index is 10.3. The molecule has 1 aliphatic carbocycles. The van der Waals surface area contributed by atoms with Crippen molar-refractivity contribution < 1.29 is 9.90 Å². The van der Waals surface area contributed by atoms with E-state index in [1.807, 2.05) is 6.92 Å². The smallest absolute Gasteiger partial charge is 0.306 e. The second kappa shape index (κ2) is 2.01. The lowest BCUT2D eigenvalue weighted by molar-refractivity contribution is -0.149. The van der Waals surface area contributed by atoms with Crippen LogP contribution in [-0.4, -0.2) is 11.1 Å². The molecule has 0 spiro atoms. The molecule has 0 amide bonds. The third kappa shape index (κ3) is 0.934. The van der Waals surface area contributed by atoms with E-state index in [9.17, 15) is 4.79 Å². The fourth-order valence-electron chi connectivity index (χ4n) is 1.36. The standard InChI is InChI=1S/C7H12O2/c1-4-3-6(5(4)2)7(8)9/h4-6H,3H2,1-2H3,(H,8,9)/t4-,5+,6-/m1/s1. The molecule has 0 aromatic rings. The molecule has 0 aliphatic heterocycles. The highest BCUT2D eigenvalue weighted by Crippen LogP contribution is 2.39. The summed E-state index contributed by atoms with van der Waals surface area (Å²) in [5.41, 5.74) is 0. The molecule has 1 aliphatic rings. The lowest BCUT2D eigenvalue weighted by Gasteiger charge is -2.37. The summed E-state index contributed by atoms with van der Waals surface area (Å²) in [6, 6.07) is 0. The largest absolute Gasteiger partial charge is 0.481 e. The molecule has 0 heterocycles. The van der Waals surface area contributed by atoms with Crippen molar-refractivity contribution in [2.45, 2.75) is 20.3 Å². The Bertz CT molecular complexity index is 131. The van der Waals surface area contributed by atoms with Gasteiger partial charge in [-0.05, 0) is 18.3 Å². The third-order valence-corrected chi connectivity index (χ3v) is 2.48. The highest BCUT2D eigenvalue weighted by Gasteiger charge is 2.39. The first kappa shape index (κ1) is 6.59. The van der Waals surface area contributed by atoms with Gasteiger partial charge in [-0.25, -0.2) is 0 Å². The minimum Gasteiger partial charge on any atom is -0.481 e. The highest BCUT2D eigenvalue weighted by atomic mass is 16.4. The van der Waals surface area contributed by atoms with E-state index in [1.54, 1.807) is 0 Å². The van der Waals surface area contributed by atoms with Crippen molar-refractivity contribution in [1.82, 2.24) is 0 Å². The fraction of sp³-hybridized carbons (Fsp3) is 0.857. The van der Waals surface area contributed by atoms with Crippen LogP contribution in [-0.2, 0) is 4.79 Å². The predicted octanol–water partition coefficient (Wildman–Crippen LogP) is 1.36. The molecule has 0 bridgehead atoms. The van der Waals surface area contributed by atoms with Gasteiger partial charge in [0.2, 0.25) is 0 Å². The van der Waals surface area contributed by atoms with Gasteiger partial charge in [-0.1, -0.05) is 13.8 Å². The van der Waals surface area contributed by atoms with E-state index in [4.69, 9.17) is 5.11 Å². The Balaban J connectivity index is 2.42. The average molecular weight is 128 g/mol. The van der Waals surface area contributed by atoms with Gasteiger partial charge in [0.05, 0.1) is 5.92 Å². The molecule has 52 valence electrons. The Morgan fingerprint density at radius 3 is 2.22 bits per heavy atom. The van der Waals surface area contributed by atoms with E-state index in [1.165, 1.54) is 0 Å². The Kier molecular flexibility index (Phi) is 1.47. The Morgan fingerprint density at radius 2 is 2.11 bits per heavy atom. The first-order valence-corrected chi connectivity index (χ1v) is 3.35. The molecule has 2 heteroatoms. The van der Waals surface area contributed by atoms with Crippen molar-refractivity contribution in [2.24, 2.45) is 17.8 Å². The van der Waals surface area contributed by atoms with Gasteiger partial charge >= 0.3 is 5.97 Å². The molecule has 1 saturated carbocycles. The lowest BCUT2D eigenvalue weighted by atomic mass is 9.67. The van der Waals surface area contributed by atoms with Crippen molar-refractivity contribution in [3.8, 4) is 0 Å². The molecule has 0 unspecified atom stereocenters. The first-order chi connectivity index (χ1) is 4.13. The van der Waals surface area contributed by atoms with Crippen LogP contribution in [0.25, 0.3) is 0 Å². The summed E-state index contributed by atoms with van der Waals surface area (Å²) in [6.07, 6.45) is 0.872. The predicted molar refractivity (Wildman–Crippen MR) is 34.1 cm³/mol. The summed E-state index contributed by atoms with van der Waals surface area (Å²) in [6.45, 7) is 4.11. The van der Waals surface area contributed by atoms with E-state index >= 15 is 0 Å². The second-order valence-electron chi connectivity index (χ2n) is 3.02. The maximum atomic E-state index is 10.3. The number of rotatable bonds is 1. The summed E-state index contributed by atoms with van der Waals surface area (Å²) in [4.78, 5) is 10.3. The molecule has 0 aromatic heterocycles. The van der Waals surface area contributed by atoms with Crippen LogP contribution in [0.5, 0.6) is 0 Å². The van der Waals surface area contributed by atoms with E-state index in [0.29, 0.717) is 11.8 Å². The van der Waals surface area contributed by atoms with Crippen LogP contribution in [0.2, 0.25) is 0 Å². The summed E-state index contributed by atoms with van der Waals surface area (Å²) in [5, 5.41) is 8.52. The van der Waals surface area contributed by atoms with E-state index in [2.05, 4.69) is 6.92 Å². The van der Waals surface area contributed by atoms with E-state index in [0.717, 1.165) is 6.42 Å². The van der Waals surface area contributed by atoms with Crippen molar-refractivity contribution in [3.63, 3.8) is 0 Å². The van der Waals surface area contributed by atoms with E-state index < -0.39 is 5.97 Å². The van der Waals surface area contributed by atoms with Crippen molar-refractivity contribution >= 4 is 5.97 Å². The van der Waals surface area contributed by atoms with Crippen molar-refractivity contribution in [2.75, 3.05) is 0 Å². The molecule has 0 radical (unpaired) electrons. The minimum atomic E-state index is -0.624. The third-order valence-electron chi connectivity index (χ3n) is 2.48. The average Bonchev–Trinajstić information content (AvgIpc) is 1.81. The Morgan fingerprint density at radius 1 is 1.56 bits per heavy atom. The van der Waals surface area contributed by atoms with Crippen LogP contribution in [0.15, 0.2) is 0 Å². The number of hydrogen-bond donors (Lipinski definition) is 1. The molecule has 0 aromatic carbocycles.